The van der Waals surface area contributed by atoms with Gasteiger partial charge in [0.05, 0.1) is 12.5 Å². The van der Waals surface area contributed by atoms with Crippen LogP contribution in [0, 0.1) is 11.8 Å². The van der Waals surface area contributed by atoms with E-state index in [1.807, 2.05) is 23.1 Å². The Bertz CT molecular complexity index is 543. The van der Waals surface area contributed by atoms with Gasteiger partial charge < -0.3 is 15.0 Å². The van der Waals surface area contributed by atoms with Gasteiger partial charge in [-0.05, 0) is 30.7 Å². The Hall–Kier alpha value is -1.88. The van der Waals surface area contributed by atoms with Crippen LogP contribution in [0.5, 0.6) is 0 Å². The number of rotatable bonds is 5. The van der Waals surface area contributed by atoms with E-state index >= 15 is 0 Å². The Balaban J connectivity index is 1.36. The van der Waals surface area contributed by atoms with Crippen molar-refractivity contribution in [2.45, 2.75) is 32.3 Å². The average Bonchev–Trinajstić information content (AvgIpc) is 2.63. The number of hydrogen-bond donors (Lipinski definition) is 1. The van der Waals surface area contributed by atoms with Crippen LogP contribution < -0.4 is 5.32 Å². The second-order valence-electron chi connectivity index (χ2n) is 6.81. The largest absolute Gasteiger partial charge is 0.376 e. The zero-order valence-electron chi connectivity index (χ0n) is 14.1. The molecule has 1 aromatic rings. The van der Waals surface area contributed by atoms with E-state index in [2.05, 4.69) is 17.4 Å². The molecule has 1 N–H and O–H groups in total. The maximum atomic E-state index is 12.5. The molecule has 3 rings (SSSR count). The second-order valence-corrected chi connectivity index (χ2v) is 6.81. The van der Waals surface area contributed by atoms with E-state index in [4.69, 9.17) is 4.74 Å². The molecule has 2 amide bonds. The number of piperidine rings is 2. The van der Waals surface area contributed by atoms with Crippen LogP contribution in [0.4, 0.5) is 0 Å². The lowest BCUT2D eigenvalue weighted by atomic mass is 9.93. The first-order chi connectivity index (χ1) is 11.7. The van der Waals surface area contributed by atoms with Gasteiger partial charge in [-0.25, -0.2) is 0 Å². The first-order valence-electron chi connectivity index (χ1n) is 8.89. The summed E-state index contributed by atoms with van der Waals surface area (Å²) in [7, 11) is 0. The van der Waals surface area contributed by atoms with Crippen LogP contribution in [-0.2, 0) is 20.9 Å². The number of amides is 2. The molecule has 0 radical (unpaired) electrons. The van der Waals surface area contributed by atoms with E-state index in [1.54, 1.807) is 0 Å². The van der Waals surface area contributed by atoms with Crippen LogP contribution in [0.1, 0.15) is 31.2 Å². The van der Waals surface area contributed by atoms with Gasteiger partial charge in [0.15, 0.2) is 0 Å². The molecule has 2 aliphatic heterocycles. The highest BCUT2D eigenvalue weighted by molar-refractivity contribution is 5.83. The van der Waals surface area contributed by atoms with Crippen molar-refractivity contribution < 1.29 is 14.3 Å². The third-order valence-corrected chi connectivity index (χ3v) is 5.01. The molecule has 2 heterocycles. The average molecular weight is 330 g/mol. The van der Waals surface area contributed by atoms with Crippen LogP contribution in [0.2, 0.25) is 0 Å². The van der Waals surface area contributed by atoms with Crippen molar-refractivity contribution in [3.05, 3.63) is 35.9 Å². The van der Waals surface area contributed by atoms with Crippen molar-refractivity contribution in [1.29, 1.82) is 0 Å². The first-order valence-corrected chi connectivity index (χ1v) is 8.89. The highest BCUT2D eigenvalue weighted by Crippen LogP contribution is 2.22. The molecule has 130 valence electrons. The van der Waals surface area contributed by atoms with Gasteiger partial charge >= 0.3 is 0 Å². The summed E-state index contributed by atoms with van der Waals surface area (Å²) in [5, 5.41) is 2.80. The monoisotopic (exact) mass is 330 g/mol. The van der Waals surface area contributed by atoms with Gasteiger partial charge in [-0.3, -0.25) is 9.59 Å². The van der Waals surface area contributed by atoms with Crippen molar-refractivity contribution in [2.24, 2.45) is 11.8 Å². The van der Waals surface area contributed by atoms with Crippen molar-refractivity contribution in [3.8, 4) is 0 Å². The Morgan fingerprint density at radius 3 is 2.58 bits per heavy atom. The summed E-state index contributed by atoms with van der Waals surface area (Å²) in [6.07, 6.45) is 3.16. The lowest BCUT2D eigenvalue weighted by Crippen LogP contribution is -2.47. The molecule has 1 atom stereocenters. The van der Waals surface area contributed by atoms with E-state index < -0.39 is 0 Å². The molecule has 2 fully saturated rings. The normalized spacial score (nSPS) is 22.2. The molecular formula is C19H26N2O3. The van der Waals surface area contributed by atoms with Gasteiger partial charge in [-0.1, -0.05) is 30.3 Å². The molecule has 0 bridgehead atoms. The SMILES string of the molecule is O=C1CCC(C(=O)N2CCC(COCc3ccccc3)CC2)CN1. The zero-order valence-corrected chi connectivity index (χ0v) is 14.1. The smallest absolute Gasteiger partial charge is 0.227 e. The summed E-state index contributed by atoms with van der Waals surface area (Å²) in [4.78, 5) is 25.7. The fraction of sp³-hybridized carbons (Fsp3) is 0.579. The zero-order chi connectivity index (χ0) is 16.8. The molecule has 2 saturated heterocycles. The number of nitrogens with zero attached hydrogens (tertiary/aromatic N) is 1. The van der Waals surface area contributed by atoms with Gasteiger partial charge in [0.2, 0.25) is 11.8 Å². The van der Waals surface area contributed by atoms with Crippen LogP contribution >= 0.6 is 0 Å². The Morgan fingerprint density at radius 2 is 1.92 bits per heavy atom. The van der Waals surface area contributed by atoms with Crippen molar-refractivity contribution in [2.75, 3.05) is 26.2 Å². The molecule has 0 aliphatic carbocycles. The fourth-order valence-corrected chi connectivity index (χ4v) is 3.44. The summed E-state index contributed by atoms with van der Waals surface area (Å²) >= 11 is 0. The molecule has 0 aromatic heterocycles. The molecular weight excluding hydrogens is 304 g/mol. The van der Waals surface area contributed by atoms with Crippen molar-refractivity contribution in [1.82, 2.24) is 10.2 Å². The summed E-state index contributed by atoms with van der Waals surface area (Å²) in [6.45, 7) is 3.53. The van der Waals surface area contributed by atoms with Gasteiger partial charge in [0, 0.05) is 32.7 Å². The minimum Gasteiger partial charge on any atom is -0.376 e. The quantitative estimate of drug-likeness (QED) is 0.898. The highest BCUT2D eigenvalue weighted by atomic mass is 16.5. The predicted octanol–water partition coefficient (Wildman–Crippen LogP) is 1.97. The van der Waals surface area contributed by atoms with Crippen LogP contribution in [-0.4, -0.2) is 43.0 Å². The van der Waals surface area contributed by atoms with E-state index in [0.29, 0.717) is 31.9 Å². The lowest BCUT2D eigenvalue weighted by molar-refractivity contribution is -0.139. The van der Waals surface area contributed by atoms with Crippen molar-refractivity contribution >= 4 is 11.8 Å². The molecule has 0 saturated carbocycles. The molecule has 1 unspecified atom stereocenters. The van der Waals surface area contributed by atoms with Gasteiger partial charge in [-0.15, -0.1) is 0 Å². The Kier molecular flexibility index (Phi) is 5.86. The molecule has 24 heavy (non-hydrogen) atoms. The predicted molar refractivity (Wildman–Crippen MR) is 91.1 cm³/mol. The summed E-state index contributed by atoms with van der Waals surface area (Å²) in [5.74, 6) is 0.768. The van der Waals surface area contributed by atoms with Crippen LogP contribution in [0.3, 0.4) is 0 Å². The van der Waals surface area contributed by atoms with E-state index in [-0.39, 0.29) is 17.7 Å². The number of ether oxygens (including phenoxy) is 1. The summed E-state index contributed by atoms with van der Waals surface area (Å²) in [6, 6.07) is 10.2. The van der Waals surface area contributed by atoms with Gasteiger partial charge in [0.25, 0.3) is 0 Å². The van der Waals surface area contributed by atoms with E-state index in [9.17, 15) is 9.59 Å². The molecule has 1 aromatic carbocycles. The van der Waals surface area contributed by atoms with E-state index in [0.717, 1.165) is 32.5 Å². The third kappa shape index (κ3) is 4.57. The van der Waals surface area contributed by atoms with Gasteiger partial charge in [-0.2, -0.15) is 0 Å². The Labute approximate surface area is 143 Å². The lowest BCUT2D eigenvalue weighted by Gasteiger charge is -2.35. The number of hydrogen-bond acceptors (Lipinski definition) is 3. The molecule has 5 heteroatoms. The molecule has 2 aliphatic rings. The molecule has 0 spiro atoms. The summed E-state index contributed by atoms with van der Waals surface area (Å²) < 4.78 is 5.83. The number of likely N-dealkylation sites (tertiary alicyclic amines) is 1. The minimum absolute atomic E-state index is 0.0337. The molecule has 5 nitrogen and oxygen atoms in total. The third-order valence-electron chi connectivity index (χ3n) is 5.01. The number of nitrogens with one attached hydrogen (secondary N) is 1. The topological polar surface area (TPSA) is 58.6 Å². The van der Waals surface area contributed by atoms with Crippen molar-refractivity contribution in [3.63, 3.8) is 0 Å². The maximum absolute atomic E-state index is 12.5. The van der Waals surface area contributed by atoms with E-state index in [1.165, 1.54) is 5.56 Å². The number of carbonyl (C=O) groups is 2. The first kappa shape index (κ1) is 17.0. The Morgan fingerprint density at radius 1 is 1.17 bits per heavy atom. The second kappa shape index (κ2) is 8.29. The number of carbonyl (C=O) groups excluding carboxylic acids is 2. The minimum atomic E-state index is -0.0337. The standard InChI is InChI=1S/C19H26N2O3/c22-18-7-6-17(12-20-18)19(23)21-10-8-16(9-11-21)14-24-13-15-4-2-1-3-5-15/h1-5,16-17H,6-14H2,(H,20,22). The summed E-state index contributed by atoms with van der Waals surface area (Å²) in [5.41, 5.74) is 1.20. The fourth-order valence-electron chi connectivity index (χ4n) is 3.44. The maximum Gasteiger partial charge on any atom is 0.227 e. The van der Waals surface area contributed by atoms with Crippen LogP contribution in [0.25, 0.3) is 0 Å². The number of benzene rings is 1. The highest BCUT2D eigenvalue weighted by Gasteiger charge is 2.30. The van der Waals surface area contributed by atoms with Crippen LogP contribution in [0.15, 0.2) is 30.3 Å². The van der Waals surface area contributed by atoms with Gasteiger partial charge in [0.1, 0.15) is 0 Å².